The summed E-state index contributed by atoms with van der Waals surface area (Å²) < 4.78 is 12.4. The van der Waals surface area contributed by atoms with E-state index in [0.717, 1.165) is 32.3 Å². The number of benzene rings is 1. The van der Waals surface area contributed by atoms with Gasteiger partial charge >= 0.3 is 0 Å². The molecule has 0 saturated carbocycles. The molecule has 0 unspecified atom stereocenters. The first-order chi connectivity index (χ1) is 15.1. The third kappa shape index (κ3) is 3.80. The number of thiophene rings is 2. The van der Waals surface area contributed by atoms with Crippen molar-refractivity contribution in [1.82, 2.24) is 14.5 Å². The third-order valence-electron chi connectivity index (χ3n) is 4.80. The number of thioether (sulfide) groups is 1. The van der Waals surface area contributed by atoms with Crippen molar-refractivity contribution < 1.29 is 9.15 Å². The number of nitrogens with zero attached hydrogens (tertiary/aromatic N) is 3. The topological polar surface area (TPSA) is 70.2 Å². The average molecular weight is 468 g/mol. The van der Waals surface area contributed by atoms with E-state index in [0.29, 0.717) is 22.2 Å². The van der Waals surface area contributed by atoms with Crippen LogP contribution in [0.3, 0.4) is 0 Å². The SMILES string of the molecule is COc1ccc(-c2nc(CSc3nc4scc(-c5cccs5)c4c(=O)n3C)co2)cc1. The summed E-state index contributed by atoms with van der Waals surface area (Å²) in [5.74, 6) is 1.88. The highest BCUT2D eigenvalue weighted by Gasteiger charge is 2.17. The number of hydrogen-bond acceptors (Lipinski definition) is 8. The second-order valence-corrected chi connectivity index (χ2v) is 9.47. The average Bonchev–Trinajstić information content (AvgIpc) is 3.55. The third-order valence-corrected chi connectivity index (χ3v) is 7.64. The van der Waals surface area contributed by atoms with E-state index in [-0.39, 0.29) is 5.56 Å². The van der Waals surface area contributed by atoms with Crippen LogP contribution in [-0.4, -0.2) is 21.6 Å². The molecule has 0 aliphatic rings. The van der Waals surface area contributed by atoms with E-state index in [2.05, 4.69) is 4.98 Å². The van der Waals surface area contributed by atoms with Crippen molar-refractivity contribution in [3.8, 4) is 27.6 Å². The molecule has 31 heavy (non-hydrogen) atoms. The Balaban J connectivity index is 1.38. The normalized spacial score (nSPS) is 11.3. The standard InChI is InChI=1S/C22H17N3O3S3/c1-25-21(26)18-16(17-4-3-9-29-17)12-30-20(18)24-22(25)31-11-14-10-28-19(23-14)13-5-7-15(27-2)8-6-13/h3-10,12H,11H2,1-2H3. The van der Waals surface area contributed by atoms with Gasteiger partial charge in [0, 0.05) is 34.2 Å². The van der Waals surface area contributed by atoms with Crippen LogP contribution in [0.1, 0.15) is 5.69 Å². The van der Waals surface area contributed by atoms with Gasteiger partial charge in [0.25, 0.3) is 5.56 Å². The molecule has 156 valence electrons. The molecule has 0 spiro atoms. The fraction of sp³-hybridized carbons (Fsp3) is 0.136. The zero-order valence-corrected chi connectivity index (χ0v) is 19.1. The van der Waals surface area contributed by atoms with Crippen molar-refractivity contribution in [3.05, 3.63) is 69.5 Å². The van der Waals surface area contributed by atoms with E-state index in [9.17, 15) is 4.79 Å². The molecule has 0 atom stereocenters. The van der Waals surface area contributed by atoms with Gasteiger partial charge in [-0.25, -0.2) is 9.97 Å². The molecule has 1 aromatic carbocycles. The van der Waals surface area contributed by atoms with Crippen LogP contribution in [0.25, 0.3) is 32.1 Å². The molecule has 5 rings (SSSR count). The fourth-order valence-corrected chi connectivity index (χ4v) is 5.83. The predicted octanol–water partition coefficient (Wildman–Crippen LogP) is 5.68. The van der Waals surface area contributed by atoms with E-state index in [1.807, 2.05) is 47.2 Å². The summed E-state index contributed by atoms with van der Waals surface area (Å²) in [5.41, 5.74) is 2.59. The monoisotopic (exact) mass is 467 g/mol. The number of methoxy groups -OCH3 is 1. The lowest BCUT2D eigenvalue weighted by Crippen LogP contribution is -2.19. The zero-order valence-electron chi connectivity index (χ0n) is 16.7. The number of ether oxygens (including phenoxy) is 1. The van der Waals surface area contributed by atoms with Crippen molar-refractivity contribution in [2.24, 2.45) is 7.05 Å². The Labute approximate surface area is 190 Å². The summed E-state index contributed by atoms with van der Waals surface area (Å²) in [6.07, 6.45) is 1.64. The number of oxazole rings is 1. The van der Waals surface area contributed by atoms with E-state index < -0.39 is 0 Å². The second-order valence-electron chi connectivity index (χ2n) is 6.73. The quantitative estimate of drug-likeness (QED) is 0.236. The van der Waals surface area contributed by atoms with Gasteiger partial charge in [0.1, 0.15) is 16.8 Å². The fourth-order valence-electron chi connectivity index (χ4n) is 3.17. The number of rotatable bonds is 6. The molecule has 0 saturated heterocycles. The van der Waals surface area contributed by atoms with Crippen LogP contribution in [0.2, 0.25) is 0 Å². The van der Waals surface area contributed by atoms with Gasteiger partial charge in [-0.3, -0.25) is 9.36 Å². The van der Waals surface area contributed by atoms with Crippen molar-refractivity contribution in [2.75, 3.05) is 7.11 Å². The maximum absolute atomic E-state index is 13.1. The van der Waals surface area contributed by atoms with Gasteiger partial charge in [0.15, 0.2) is 5.16 Å². The molecule has 0 fully saturated rings. The van der Waals surface area contributed by atoms with E-state index in [4.69, 9.17) is 14.1 Å². The van der Waals surface area contributed by atoms with Crippen LogP contribution in [0.4, 0.5) is 0 Å². The first-order valence-electron chi connectivity index (χ1n) is 9.38. The number of aromatic nitrogens is 3. The minimum Gasteiger partial charge on any atom is -0.497 e. The van der Waals surface area contributed by atoms with Gasteiger partial charge < -0.3 is 9.15 Å². The van der Waals surface area contributed by atoms with Crippen LogP contribution in [-0.2, 0) is 12.8 Å². The molecule has 0 bridgehead atoms. The smallest absolute Gasteiger partial charge is 0.263 e. The summed E-state index contributed by atoms with van der Waals surface area (Å²) in [6, 6.07) is 11.6. The van der Waals surface area contributed by atoms with Crippen LogP contribution in [0, 0.1) is 0 Å². The molecule has 5 aromatic rings. The Kier molecular flexibility index (Phi) is 5.39. The maximum atomic E-state index is 13.1. The lowest BCUT2D eigenvalue weighted by Gasteiger charge is -2.06. The molecule has 4 heterocycles. The first-order valence-corrected chi connectivity index (χ1v) is 12.1. The van der Waals surface area contributed by atoms with E-state index >= 15 is 0 Å². The molecule has 0 radical (unpaired) electrons. The minimum atomic E-state index is -0.0313. The summed E-state index contributed by atoms with van der Waals surface area (Å²) in [5, 5.41) is 5.37. The van der Waals surface area contributed by atoms with E-state index in [1.54, 1.807) is 36.3 Å². The van der Waals surface area contributed by atoms with Gasteiger partial charge in [-0.05, 0) is 35.7 Å². The largest absolute Gasteiger partial charge is 0.497 e. The minimum absolute atomic E-state index is 0.0313. The number of fused-ring (bicyclic) bond motifs is 1. The molecule has 6 nitrogen and oxygen atoms in total. The maximum Gasteiger partial charge on any atom is 0.263 e. The molecule has 0 aliphatic carbocycles. The number of hydrogen-bond donors (Lipinski definition) is 0. The van der Waals surface area contributed by atoms with Crippen LogP contribution >= 0.6 is 34.4 Å². The van der Waals surface area contributed by atoms with Gasteiger partial charge in [-0.1, -0.05) is 17.8 Å². The lowest BCUT2D eigenvalue weighted by molar-refractivity contribution is 0.415. The van der Waals surface area contributed by atoms with Crippen molar-refractivity contribution in [1.29, 1.82) is 0 Å². The summed E-state index contributed by atoms with van der Waals surface area (Å²) in [4.78, 5) is 24.2. The van der Waals surface area contributed by atoms with Crippen LogP contribution < -0.4 is 10.3 Å². The highest BCUT2D eigenvalue weighted by Crippen LogP contribution is 2.34. The highest BCUT2D eigenvalue weighted by molar-refractivity contribution is 7.98. The lowest BCUT2D eigenvalue weighted by atomic mass is 10.2. The Morgan fingerprint density at radius 1 is 1.16 bits per heavy atom. The van der Waals surface area contributed by atoms with Crippen molar-refractivity contribution in [3.63, 3.8) is 0 Å². The van der Waals surface area contributed by atoms with E-state index in [1.165, 1.54) is 23.1 Å². The van der Waals surface area contributed by atoms with Crippen LogP contribution in [0.5, 0.6) is 5.75 Å². The summed E-state index contributed by atoms with van der Waals surface area (Å²) in [7, 11) is 3.39. The van der Waals surface area contributed by atoms with Crippen molar-refractivity contribution >= 4 is 44.7 Å². The molecular formula is C22H17N3O3S3. The van der Waals surface area contributed by atoms with Crippen LogP contribution in [0.15, 0.2) is 67.8 Å². The Bertz CT molecular complexity index is 1400. The highest BCUT2D eigenvalue weighted by atomic mass is 32.2. The zero-order chi connectivity index (χ0) is 21.4. The molecule has 4 aromatic heterocycles. The van der Waals surface area contributed by atoms with Crippen molar-refractivity contribution in [2.45, 2.75) is 10.9 Å². The molecule has 0 amide bonds. The Morgan fingerprint density at radius 3 is 2.74 bits per heavy atom. The summed E-state index contributed by atoms with van der Waals surface area (Å²) >= 11 is 4.59. The molecule has 0 aliphatic heterocycles. The first kappa shape index (κ1) is 20.0. The Morgan fingerprint density at radius 2 is 2.00 bits per heavy atom. The van der Waals surface area contributed by atoms with Gasteiger partial charge in [0.05, 0.1) is 18.2 Å². The van der Waals surface area contributed by atoms with Gasteiger partial charge in [-0.15, -0.1) is 22.7 Å². The molecule has 9 heteroatoms. The summed E-state index contributed by atoms with van der Waals surface area (Å²) in [6.45, 7) is 0. The Hall–Kier alpha value is -2.88. The van der Waals surface area contributed by atoms with Gasteiger partial charge in [-0.2, -0.15) is 0 Å². The van der Waals surface area contributed by atoms with Gasteiger partial charge in [0.2, 0.25) is 5.89 Å². The molecule has 0 N–H and O–H groups in total. The predicted molar refractivity (Wildman–Crippen MR) is 126 cm³/mol. The molecular weight excluding hydrogens is 450 g/mol. The second kappa shape index (κ2) is 8.33.